The molecule has 1 saturated heterocycles. The molecule has 0 aromatic carbocycles. The summed E-state index contributed by atoms with van der Waals surface area (Å²) in [6.45, 7) is 3.57. The Morgan fingerprint density at radius 3 is 2.78 bits per heavy atom. The van der Waals surface area contributed by atoms with Gasteiger partial charge < -0.3 is 4.74 Å². The Morgan fingerprint density at radius 2 is 1.96 bits per heavy atom. The molecule has 0 radical (unpaired) electrons. The fourth-order valence-electron chi connectivity index (χ4n) is 7.62. The van der Waals surface area contributed by atoms with E-state index in [1.807, 2.05) is 6.08 Å². The molecule has 1 aliphatic heterocycles. The van der Waals surface area contributed by atoms with Crippen molar-refractivity contribution in [1.29, 1.82) is 0 Å². The van der Waals surface area contributed by atoms with Crippen LogP contribution in [-0.2, 0) is 9.53 Å². The van der Waals surface area contributed by atoms with Gasteiger partial charge in [0.1, 0.15) is 0 Å². The van der Waals surface area contributed by atoms with Crippen LogP contribution in [0.15, 0.2) is 11.6 Å². The Kier molecular flexibility index (Phi) is 3.15. The van der Waals surface area contributed by atoms with Crippen molar-refractivity contribution in [1.82, 2.24) is 0 Å². The minimum absolute atomic E-state index is 0.223. The summed E-state index contributed by atoms with van der Waals surface area (Å²) in [4.78, 5) is 11.8. The highest BCUT2D eigenvalue weighted by Gasteiger charge is 2.63. The average molecular weight is 314 g/mol. The van der Waals surface area contributed by atoms with Crippen molar-refractivity contribution in [3.8, 4) is 0 Å². The van der Waals surface area contributed by atoms with Crippen molar-refractivity contribution in [2.45, 2.75) is 76.7 Å². The van der Waals surface area contributed by atoms with Crippen molar-refractivity contribution < 1.29 is 9.53 Å². The number of fused-ring (bicyclic) bond motifs is 6. The summed E-state index contributed by atoms with van der Waals surface area (Å²) in [5.41, 5.74) is 2.16. The highest BCUT2D eigenvalue weighted by molar-refractivity contribution is 5.91. The van der Waals surface area contributed by atoms with E-state index in [0.717, 1.165) is 43.1 Å². The van der Waals surface area contributed by atoms with E-state index in [4.69, 9.17) is 4.74 Å². The van der Waals surface area contributed by atoms with E-state index in [9.17, 15) is 4.79 Å². The molecule has 0 unspecified atom stereocenters. The molecule has 2 nitrogen and oxygen atoms in total. The van der Waals surface area contributed by atoms with E-state index >= 15 is 0 Å². The standard InChI is InChI=1S/C21H30O2/c1-20-10-7-17-16-6-4-15(22)13-14(16)3-5-18(17)19(20)8-11-21(20)9-2-12-23-21/h13,16-19H,2-12H2,1H3/t16-,17+,18+,19-,20-,21-/m0/s1. The first-order valence-electron chi connectivity index (χ1n) is 10.0. The van der Waals surface area contributed by atoms with Crippen LogP contribution in [0.4, 0.5) is 0 Å². The van der Waals surface area contributed by atoms with Crippen LogP contribution in [0.25, 0.3) is 0 Å². The maximum atomic E-state index is 11.8. The van der Waals surface area contributed by atoms with Crippen LogP contribution < -0.4 is 0 Å². The second kappa shape index (κ2) is 4.94. The minimum atomic E-state index is 0.223. The lowest BCUT2D eigenvalue weighted by Gasteiger charge is -2.56. The molecule has 4 aliphatic carbocycles. The first-order valence-corrected chi connectivity index (χ1v) is 10.0. The molecule has 0 aromatic heterocycles. The van der Waals surface area contributed by atoms with Gasteiger partial charge >= 0.3 is 0 Å². The van der Waals surface area contributed by atoms with Crippen LogP contribution in [0.2, 0.25) is 0 Å². The molecule has 0 bridgehead atoms. The number of carbonyl (C=O) groups is 1. The molecule has 6 atom stereocenters. The van der Waals surface area contributed by atoms with Crippen LogP contribution >= 0.6 is 0 Å². The Morgan fingerprint density at radius 1 is 1.04 bits per heavy atom. The maximum absolute atomic E-state index is 11.8. The number of ether oxygens (including phenoxy) is 1. The zero-order chi connectivity index (χ0) is 15.7. The summed E-state index contributed by atoms with van der Waals surface area (Å²) in [6.07, 6.45) is 14.5. The summed E-state index contributed by atoms with van der Waals surface area (Å²) in [7, 11) is 0. The average Bonchev–Trinajstić information content (AvgIpc) is 3.14. The van der Waals surface area contributed by atoms with Gasteiger partial charge in [-0.25, -0.2) is 0 Å². The summed E-state index contributed by atoms with van der Waals surface area (Å²) < 4.78 is 6.42. The first-order chi connectivity index (χ1) is 11.1. The zero-order valence-corrected chi connectivity index (χ0v) is 14.5. The van der Waals surface area contributed by atoms with Crippen molar-refractivity contribution in [2.75, 3.05) is 6.61 Å². The fourth-order valence-corrected chi connectivity index (χ4v) is 7.62. The van der Waals surface area contributed by atoms with Gasteiger partial charge in [-0.2, -0.15) is 0 Å². The van der Waals surface area contributed by atoms with Crippen molar-refractivity contribution in [3.05, 3.63) is 11.6 Å². The molecule has 23 heavy (non-hydrogen) atoms. The topological polar surface area (TPSA) is 26.3 Å². The molecule has 2 heteroatoms. The summed E-state index contributed by atoms with van der Waals surface area (Å²) in [5, 5.41) is 0. The van der Waals surface area contributed by atoms with Gasteiger partial charge in [0.15, 0.2) is 5.78 Å². The molecular formula is C21H30O2. The molecule has 0 aromatic rings. The maximum Gasteiger partial charge on any atom is 0.155 e. The van der Waals surface area contributed by atoms with Gasteiger partial charge in [0, 0.05) is 13.0 Å². The second-order valence-corrected chi connectivity index (χ2v) is 9.24. The number of ketones is 1. The lowest BCUT2D eigenvalue weighted by Crippen LogP contribution is -2.52. The number of hydrogen-bond acceptors (Lipinski definition) is 2. The molecule has 3 saturated carbocycles. The van der Waals surface area contributed by atoms with E-state index in [1.54, 1.807) is 0 Å². The molecule has 5 aliphatic rings. The van der Waals surface area contributed by atoms with Crippen LogP contribution in [0.3, 0.4) is 0 Å². The van der Waals surface area contributed by atoms with Crippen LogP contribution in [0, 0.1) is 29.1 Å². The SMILES string of the molecule is C[C@]12CC[C@H]3[C@@H](CCC4=CC(=O)CC[C@@H]43)[C@@H]1CC[C@@]21CCCO1. The number of carbonyl (C=O) groups excluding carboxylic acids is 1. The number of allylic oxidation sites excluding steroid dienone is 1. The predicted octanol–water partition coefficient (Wildman–Crippen LogP) is 4.68. The largest absolute Gasteiger partial charge is 0.374 e. The summed E-state index contributed by atoms with van der Waals surface area (Å²) in [6, 6.07) is 0. The molecule has 0 amide bonds. The summed E-state index contributed by atoms with van der Waals surface area (Å²) in [5.74, 6) is 3.75. The Labute approximate surface area is 140 Å². The van der Waals surface area contributed by atoms with E-state index in [0.29, 0.717) is 11.2 Å². The molecule has 0 N–H and O–H groups in total. The van der Waals surface area contributed by atoms with E-state index in [-0.39, 0.29) is 5.60 Å². The smallest absolute Gasteiger partial charge is 0.155 e. The quantitative estimate of drug-likeness (QED) is 0.649. The third-order valence-corrected chi connectivity index (χ3v) is 8.69. The third kappa shape index (κ3) is 1.88. The first kappa shape index (κ1) is 14.7. The molecule has 4 fully saturated rings. The molecular weight excluding hydrogens is 284 g/mol. The Balaban J connectivity index is 1.46. The number of hydrogen-bond donors (Lipinski definition) is 0. The minimum Gasteiger partial charge on any atom is -0.374 e. The van der Waals surface area contributed by atoms with Crippen LogP contribution in [0.5, 0.6) is 0 Å². The van der Waals surface area contributed by atoms with Crippen molar-refractivity contribution in [3.63, 3.8) is 0 Å². The van der Waals surface area contributed by atoms with Gasteiger partial charge in [0.25, 0.3) is 0 Å². The highest BCUT2D eigenvalue weighted by Crippen LogP contribution is 2.67. The van der Waals surface area contributed by atoms with Gasteiger partial charge in [-0.05, 0) is 93.0 Å². The second-order valence-electron chi connectivity index (χ2n) is 9.24. The lowest BCUT2D eigenvalue weighted by molar-refractivity contribution is -0.128. The van der Waals surface area contributed by atoms with Crippen LogP contribution in [-0.4, -0.2) is 18.0 Å². The van der Waals surface area contributed by atoms with Gasteiger partial charge in [0.2, 0.25) is 0 Å². The van der Waals surface area contributed by atoms with Crippen molar-refractivity contribution >= 4 is 5.78 Å². The molecule has 126 valence electrons. The summed E-state index contributed by atoms with van der Waals surface area (Å²) >= 11 is 0. The zero-order valence-electron chi connectivity index (χ0n) is 14.5. The van der Waals surface area contributed by atoms with E-state index in [1.165, 1.54) is 56.9 Å². The van der Waals surface area contributed by atoms with Gasteiger partial charge in [-0.3, -0.25) is 4.79 Å². The van der Waals surface area contributed by atoms with E-state index < -0.39 is 0 Å². The highest BCUT2D eigenvalue weighted by atomic mass is 16.5. The van der Waals surface area contributed by atoms with E-state index in [2.05, 4.69) is 6.92 Å². The van der Waals surface area contributed by atoms with Gasteiger partial charge in [0.05, 0.1) is 5.60 Å². The third-order valence-electron chi connectivity index (χ3n) is 8.69. The normalized spacial score (nSPS) is 52.0. The molecule has 5 rings (SSSR count). The molecule has 1 heterocycles. The predicted molar refractivity (Wildman–Crippen MR) is 90.0 cm³/mol. The van der Waals surface area contributed by atoms with Gasteiger partial charge in [-0.15, -0.1) is 0 Å². The number of rotatable bonds is 0. The fraction of sp³-hybridized carbons (Fsp3) is 0.857. The molecule has 1 spiro atoms. The van der Waals surface area contributed by atoms with Crippen LogP contribution in [0.1, 0.15) is 71.1 Å². The Hall–Kier alpha value is -0.630. The lowest BCUT2D eigenvalue weighted by atomic mass is 9.50. The van der Waals surface area contributed by atoms with Crippen molar-refractivity contribution in [2.24, 2.45) is 29.1 Å². The Bertz CT molecular complexity index is 556. The van der Waals surface area contributed by atoms with Gasteiger partial charge in [-0.1, -0.05) is 12.5 Å². The monoisotopic (exact) mass is 314 g/mol.